The summed E-state index contributed by atoms with van der Waals surface area (Å²) in [5, 5.41) is 14.2. The molecule has 0 radical (unpaired) electrons. The Morgan fingerprint density at radius 2 is 1.79 bits per heavy atom. The lowest BCUT2D eigenvalue weighted by Gasteiger charge is -2.09. The van der Waals surface area contributed by atoms with Crippen LogP contribution < -0.4 is 15.4 Å². The van der Waals surface area contributed by atoms with Crippen LogP contribution in [0.1, 0.15) is 37.7 Å². The molecule has 1 heterocycles. The molecule has 7 nitrogen and oxygen atoms in total. The lowest BCUT2D eigenvalue weighted by Crippen LogP contribution is -2.23. The topological polar surface area (TPSA) is 93.2 Å². The van der Waals surface area contributed by atoms with Gasteiger partial charge in [0.25, 0.3) is 11.8 Å². The third kappa shape index (κ3) is 4.92. The maximum atomic E-state index is 12.4. The zero-order valence-corrected chi connectivity index (χ0v) is 16.4. The van der Waals surface area contributed by atoms with Gasteiger partial charge in [-0.15, -0.1) is 10.2 Å². The van der Waals surface area contributed by atoms with Gasteiger partial charge in [0.2, 0.25) is 5.01 Å². The maximum absolute atomic E-state index is 12.4. The van der Waals surface area contributed by atoms with E-state index >= 15 is 0 Å². The molecule has 0 bridgehead atoms. The van der Waals surface area contributed by atoms with E-state index in [1.54, 1.807) is 18.2 Å². The average Bonchev–Trinajstić information content (AvgIpc) is 3.18. The zero-order valence-electron chi connectivity index (χ0n) is 15.6. The van der Waals surface area contributed by atoms with Gasteiger partial charge in [0, 0.05) is 5.69 Å². The van der Waals surface area contributed by atoms with Crippen molar-refractivity contribution in [3.8, 4) is 5.75 Å². The zero-order chi connectivity index (χ0) is 19.9. The molecule has 2 amide bonds. The monoisotopic (exact) mass is 396 g/mol. The maximum Gasteiger partial charge on any atom is 0.286 e. The highest BCUT2D eigenvalue weighted by atomic mass is 32.1. The fraction of sp³-hybridized carbons (Fsp3) is 0.200. The minimum absolute atomic E-state index is 0.175. The number of carbonyl (C=O) groups excluding carboxylic acids is 2. The number of hydrogen-bond acceptors (Lipinski definition) is 6. The molecule has 144 valence electrons. The summed E-state index contributed by atoms with van der Waals surface area (Å²) in [6.07, 6.45) is 0. The number of nitrogens with zero attached hydrogens (tertiary/aromatic N) is 2. The molecule has 0 atom stereocenters. The predicted molar refractivity (Wildman–Crippen MR) is 108 cm³/mol. The van der Waals surface area contributed by atoms with Crippen molar-refractivity contribution in [1.82, 2.24) is 15.5 Å². The summed E-state index contributed by atoms with van der Waals surface area (Å²) in [7, 11) is 0. The molecule has 3 aromatic rings. The van der Waals surface area contributed by atoms with E-state index in [4.69, 9.17) is 4.74 Å². The summed E-state index contributed by atoms with van der Waals surface area (Å²) >= 11 is 1.13. The smallest absolute Gasteiger partial charge is 0.286 e. The first-order chi connectivity index (χ1) is 13.6. The Morgan fingerprint density at radius 1 is 1.04 bits per heavy atom. The van der Waals surface area contributed by atoms with Gasteiger partial charge >= 0.3 is 0 Å². The number of para-hydroxylation sites is 1. The summed E-state index contributed by atoms with van der Waals surface area (Å²) in [6.45, 7) is 4.48. The molecule has 0 aliphatic heterocycles. The normalized spacial score (nSPS) is 10.4. The Hall–Kier alpha value is -3.26. The van der Waals surface area contributed by atoms with Gasteiger partial charge in [0.05, 0.1) is 18.7 Å². The molecule has 0 aliphatic carbocycles. The Kier molecular flexibility index (Phi) is 6.33. The van der Waals surface area contributed by atoms with Crippen molar-refractivity contribution < 1.29 is 14.3 Å². The van der Waals surface area contributed by atoms with Crippen LogP contribution in [0.5, 0.6) is 5.75 Å². The highest BCUT2D eigenvalue weighted by Crippen LogP contribution is 2.18. The van der Waals surface area contributed by atoms with Crippen molar-refractivity contribution >= 4 is 28.8 Å². The van der Waals surface area contributed by atoms with Crippen LogP contribution >= 0.6 is 11.3 Å². The third-order valence-corrected chi connectivity index (χ3v) is 4.72. The molecule has 0 saturated carbocycles. The summed E-state index contributed by atoms with van der Waals surface area (Å²) in [6, 6.07) is 14.5. The number of aromatic nitrogens is 2. The fourth-order valence-electron chi connectivity index (χ4n) is 2.42. The molecule has 8 heteroatoms. The van der Waals surface area contributed by atoms with Crippen LogP contribution in [0.2, 0.25) is 0 Å². The molecule has 2 N–H and O–H groups in total. The summed E-state index contributed by atoms with van der Waals surface area (Å²) < 4.78 is 5.47. The Morgan fingerprint density at radius 3 is 2.54 bits per heavy atom. The summed E-state index contributed by atoms with van der Waals surface area (Å²) in [5.74, 6) is -0.0801. The van der Waals surface area contributed by atoms with E-state index in [-0.39, 0.29) is 23.4 Å². The number of carbonyl (C=O) groups is 2. The van der Waals surface area contributed by atoms with E-state index in [1.807, 2.05) is 44.2 Å². The quantitative estimate of drug-likeness (QED) is 0.638. The number of nitrogens with one attached hydrogen (secondary N) is 2. The SMILES string of the molecule is CCOc1ccccc1C(=O)NCc1nnc(C(=O)Nc2ccc(C)cc2)s1. The molecule has 0 saturated heterocycles. The van der Waals surface area contributed by atoms with Crippen LogP contribution in [0.15, 0.2) is 48.5 Å². The molecule has 0 unspecified atom stereocenters. The number of rotatable bonds is 7. The third-order valence-electron chi connectivity index (χ3n) is 3.80. The second-order valence-corrected chi connectivity index (χ2v) is 7.00. The first-order valence-corrected chi connectivity index (χ1v) is 9.59. The van der Waals surface area contributed by atoms with Crippen LogP contribution in [-0.2, 0) is 6.54 Å². The van der Waals surface area contributed by atoms with Crippen molar-refractivity contribution in [3.63, 3.8) is 0 Å². The Balaban J connectivity index is 1.59. The van der Waals surface area contributed by atoms with Gasteiger partial charge in [-0.25, -0.2) is 0 Å². The second-order valence-electron chi connectivity index (χ2n) is 5.93. The van der Waals surface area contributed by atoms with Crippen molar-refractivity contribution in [2.45, 2.75) is 20.4 Å². The standard InChI is InChI=1S/C20H20N4O3S/c1-3-27-16-7-5-4-6-15(16)18(25)21-12-17-23-24-20(28-17)19(26)22-14-10-8-13(2)9-11-14/h4-11H,3,12H2,1-2H3,(H,21,25)(H,22,26). The number of amides is 2. The molecule has 0 spiro atoms. The lowest BCUT2D eigenvalue weighted by atomic mass is 10.2. The fourth-order valence-corrected chi connectivity index (χ4v) is 3.10. The number of hydrogen-bond donors (Lipinski definition) is 2. The van der Waals surface area contributed by atoms with Crippen molar-refractivity contribution in [3.05, 3.63) is 69.7 Å². The van der Waals surface area contributed by atoms with Gasteiger partial charge in [-0.2, -0.15) is 0 Å². The highest BCUT2D eigenvalue weighted by molar-refractivity contribution is 7.13. The van der Waals surface area contributed by atoms with E-state index in [9.17, 15) is 9.59 Å². The van der Waals surface area contributed by atoms with Crippen molar-refractivity contribution in [1.29, 1.82) is 0 Å². The number of aryl methyl sites for hydroxylation is 1. The number of ether oxygens (including phenoxy) is 1. The van der Waals surface area contributed by atoms with E-state index in [0.29, 0.717) is 28.6 Å². The van der Waals surface area contributed by atoms with E-state index in [1.165, 1.54) is 0 Å². The molecule has 1 aromatic heterocycles. The second kappa shape index (κ2) is 9.09. The number of anilines is 1. The van der Waals surface area contributed by atoms with Crippen LogP contribution in [0.3, 0.4) is 0 Å². The first kappa shape index (κ1) is 19.5. The first-order valence-electron chi connectivity index (χ1n) is 8.77. The van der Waals surface area contributed by atoms with E-state index < -0.39 is 0 Å². The molecule has 28 heavy (non-hydrogen) atoms. The van der Waals surface area contributed by atoms with Crippen LogP contribution in [0, 0.1) is 6.92 Å². The lowest BCUT2D eigenvalue weighted by molar-refractivity contribution is 0.0946. The largest absolute Gasteiger partial charge is 0.493 e. The van der Waals surface area contributed by atoms with Gasteiger partial charge in [0.1, 0.15) is 10.8 Å². The van der Waals surface area contributed by atoms with E-state index in [0.717, 1.165) is 16.9 Å². The van der Waals surface area contributed by atoms with E-state index in [2.05, 4.69) is 20.8 Å². The highest BCUT2D eigenvalue weighted by Gasteiger charge is 2.15. The molecule has 2 aromatic carbocycles. The molecular weight excluding hydrogens is 376 g/mol. The van der Waals surface area contributed by atoms with Crippen LogP contribution in [0.4, 0.5) is 5.69 Å². The van der Waals surface area contributed by atoms with Crippen LogP contribution in [0.25, 0.3) is 0 Å². The number of benzene rings is 2. The Labute approximate surface area is 166 Å². The predicted octanol–water partition coefficient (Wildman–Crippen LogP) is 3.43. The molecule has 0 aliphatic rings. The minimum atomic E-state index is -0.333. The van der Waals surface area contributed by atoms with Gasteiger partial charge < -0.3 is 15.4 Å². The van der Waals surface area contributed by atoms with Crippen LogP contribution in [-0.4, -0.2) is 28.6 Å². The van der Waals surface area contributed by atoms with Gasteiger partial charge in [-0.1, -0.05) is 41.2 Å². The molecule has 3 rings (SSSR count). The molecular formula is C20H20N4O3S. The van der Waals surface area contributed by atoms with Gasteiger partial charge in [0.15, 0.2) is 0 Å². The minimum Gasteiger partial charge on any atom is -0.493 e. The summed E-state index contributed by atoms with van der Waals surface area (Å²) in [4.78, 5) is 24.7. The summed E-state index contributed by atoms with van der Waals surface area (Å²) in [5.41, 5.74) is 2.25. The van der Waals surface area contributed by atoms with Crippen molar-refractivity contribution in [2.75, 3.05) is 11.9 Å². The van der Waals surface area contributed by atoms with Crippen molar-refractivity contribution in [2.24, 2.45) is 0 Å². The van der Waals surface area contributed by atoms with Gasteiger partial charge in [-0.05, 0) is 38.1 Å². The molecule has 0 fully saturated rings. The average molecular weight is 396 g/mol. The van der Waals surface area contributed by atoms with Gasteiger partial charge in [-0.3, -0.25) is 9.59 Å². The Bertz CT molecular complexity index is 970.